The molecule has 0 unspecified atom stereocenters. The van der Waals surface area contributed by atoms with Gasteiger partial charge >= 0.3 is 0 Å². The van der Waals surface area contributed by atoms with E-state index in [1.807, 2.05) is 0 Å². The van der Waals surface area contributed by atoms with E-state index >= 15 is 0 Å². The van der Waals surface area contributed by atoms with Crippen LogP contribution < -0.4 is 21.7 Å². The Bertz CT molecular complexity index is 2070. The fourth-order valence-corrected chi connectivity index (χ4v) is 6.29. The molecule has 1 aromatic carbocycles. The van der Waals surface area contributed by atoms with Crippen molar-refractivity contribution in [1.29, 1.82) is 0 Å². The van der Waals surface area contributed by atoms with E-state index in [1.165, 1.54) is 16.5 Å². The van der Waals surface area contributed by atoms with E-state index in [0.717, 1.165) is 0 Å². The zero-order chi connectivity index (χ0) is 42.1. The van der Waals surface area contributed by atoms with E-state index < -0.39 is 24.0 Å². The molecule has 59 heavy (non-hydrogen) atoms. The number of hydrogen-bond acceptors (Lipinski definition) is 14. The summed E-state index contributed by atoms with van der Waals surface area (Å²) < 4.78 is 37.6. The van der Waals surface area contributed by atoms with Gasteiger partial charge in [-0.25, -0.2) is 19.3 Å². The van der Waals surface area contributed by atoms with Gasteiger partial charge in [-0.05, 0) is 45.8 Å². The van der Waals surface area contributed by atoms with E-state index in [0.29, 0.717) is 65.4 Å². The van der Waals surface area contributed by atoms with Crippen molar-refractivity contribution in [1.82, 2.24) is 40.3 Å². The Morgan fingerprint density at radius 1 is 0.898 bits per heavy atom. The number of nitrogens with zero attached hydrogens (tertiary/aromatic N) is 6. The highest BCUT2D eigenvalue weighted by atomic mass is 79.9. The van der Waals surface area contributed by atoms with Gasteiger partial charge in [-0.15, -0.1) is 0 Å². The molecule has 4 heterocycles. The lowest BCUT2D eigenvalue weighted by atomic mass is 10.0. The summed E-state index contributed by atoms with van der Waals surface area (Å²) in [5.74, 6) is -1.46. The molecular weight excluding hydrogens is 839 g/mol. The lowest BCUT2D eigenvalue weighted by Crippen LogP contribution is -2.44. The molecule has 5 N–H and O–H groups in total. The zero-order valence-corrected chi connectivity index (χ0v) is 33.9. The number of carbonyl (C=O) groups excluding carboxylic acids is 5. The number of halogens is 2. The van der Waals surface area contributed by atoms with Crippen LogP contribution in [0.15, 0.2) is 53.4 Å². The van der Waals surface area contributed by atoms with E-state index in [9.17, 15) is 28.4 Å². The van der Waals surface area contributed by atoms with Gasteiger partial charge in [-0.2, -0.15) is 5.10 Å². The number of ketones is 1. The summed E-state index contributed by atoms with van der Waals surface area (Å²) in [6.07, 6.45) is 1.60. The number of nitrogens with one attached hydrogen (secondary N) is 3. The number of pyridine rings is 1. The first-order valence-electron chi connectivity index (χ1n) is 18.8. The van der Waals surface area contributed by atoms with Crippen LogP contribution in [0.2, 0.25) is 0 Å². The number of ether oxygens (including phenoxy) is 4. The summed E-state index contributed by atoms with van der Waals surface area (Å²) in [7, 11) is 0. The van der Waals surface area contributed by atoms with E-state index in [4.69, 9.17) is 24.7 Å². The number of hydrogen-bond donors (Lipinski definition) is 4. The van der Waals surface area contributed by atoms with Gasteiger partial charge in [0, 0.05) is 49.8 Å². The van der Waals surface area contributed by atoms with Gasteiger partial charge in [0.05, 0.1) is 58.2 Å². The largest absolute Gasteiger partial charge is 0.378 e. The van der Waals surface area contributed by atoms with E-state index in [-0.39, 0.29) is 88.2 Å². The maximum atomic E-state index is 14.6. The first kappa shape index (κ1) is 44.8. The Balaban J connectivity index is 1.06. The van der Waals surface area contributed by atoms with Crippen molar-refractivity contribution in [3.05, 3.63) is 64.9 Å². The van der Waals surface area contributed by atoms with E-state index in [2.05, 4.69) is 51.9 Å². The summed E-state index contributed by atoms with van der Waals surface area (Å²) in [6.45, 7) is 3.05. The molecular formula is C38H46BrFN10O9. The minimum absolute atomic E-state index is 0.0566. The number of fused-ring (bicyclic) bond motifs is 1. The third kappa shape index (κ3) is 13.6. The van der Waals surface area contributed by atoms with Crippen molar-refractivity contribution < 1.29 is 47.3 Å². The summed E-state index contributed by atoms with van der Waals surface area (Å²) in [5, 5.41) is 12.9. The molecule has 0 aliphatic carbocycles. The van der Waals surface area contributed by atoms with Crippen molar-refractivity contribution in [3.8, 4) is 11.1 Å². The highest BCUT2D eigenvalue weighted by Gasteiger charge is 2.40. The quantitative estimate of drug-likeness (QED) is 0.0465. The molecule has 1 aliphatic heterocycles. The topological polar surface area (TPSA) is 244 Å². The first-order valence-corrected chi connectivity index (χ1v) is 19.6. The molecule has 1 saturated heterocycles. The second kappa shape index (κ2) is 22.7. The van der Waals surface area contributed by atoms with Crippen molar-refractivity contribution >= 4 is 62.1 Å². The standard InChI is InChI=1S/C38H46BrFN10O9/c1-24(51)37-28-15-25(5-6-29(28)50(48-37)21-36(54)49-20-27(40)16-30(49)38(55)47-32-4-2-3-31(39)46-32)26-17-43-33(44-18-26)19-45-35(53)23-59-14-12-57-10-8-42-34(52)22-58-13-11-56-9-7-41/h2-6,15,17-18,27,30H,7-14,16,19-23,41H2,1H3,(H,42,52)(H,45,53)(H,46,47,55)/t27-,30+/m1/s1. The van der Waals surface area contributed by atoms with Crippen molar-refractivity contribution in [2.24, 2.45) is 5.73 Å². The Kier molecular flexibility index (Phi) is 17.2. The summed E-state index contributed by atoms with van der Waals surface area (Å²) in [4.78, 5) is 77.3. The average molecular weight is 886 g/mol. The van der Waals surface area contributed by atoms with Gasteiger partial charge in [0.25, 0.3) is 0 Å². The van der Waals surface area contributed by atoms with Crippen LogP contribution in [0.5, 0.6) is 0 Å². The van der Waals surface area contributed by atoms with Crippen molar-refractivity contribution in [3.63, 3.8) is 0 Å². The Morgan fingerprint density at radius 2 is 1.59 bits per heavy atom. The third-order valence-corrected chi connectivity index (χ3v) is 9.17. The van der Waals surface area contributed by atoms with Gasteiger partial charge in [0.15, 0.2) is 5.78 Å². The van der Waals surface area contributed by atoms with Gasteiger partial charge in [0.2, 0.25) is 23.6 Å². The summed E-state index contributed by atoms with van der Waals surface area (Å²) in [5.41, 5.74) is 7.24. The maximum absolute atomic E-state index is 14.6. The molecule has 3 aromatic heterocycles. The number of aromatic nitrogens is 5. The van der Waals surface area contributed by atoms with Gasteiger partial charge in [-0.3, -0.25) is 28.7 Å². The smallest absolute Gasteiger partial charge is 0.248 e. The minimum atomic E-state index is -1.39. The molecule has 2 atom stereocenters. The Morgan fingerprint density at radius 3 is 2.29 bits per heavy atom. The average Bonchev–Trinajstić information content (AvgIpc) is 3.80. The lowest BCUT2D eigenvalue weighted by molar-refractivity contribution is -0.137. The molecule has 316 valence electrons. The predicted octanol–water partition coefficient (Wildman–Crippen LogP) is 1.19. The molecule has 19 nitrogen and oxygen atoms in total. The SMILES string of the molecule is CC(=O)c1nn(CC(=O)N2C[C@H](F)C[C@H]2C(=O)Nc2cccc(Br)n2)c2ccc(-c3cnc(CNC(=O)COCCOCCNC(=O)COCCOCCN)nc3)cc12. The summed E-state index contributed by atoms with van der Waals surface area (Å²) in [6, 6.07) is 9.12. The molecule has 21 heteroatoms. The number of alkyl halides is 1. The molecule has 4 aromatic rings. The van der Waals surface area contributed by atoms with Crippen molar-refractivity contribution in [2.75, 3.05) is 77.8 Å². The fraction of sp³-hybridized carbons (Fsp3) is 0.447. The van der Waals surface area contributed by atoms with Crippen LogP contribution in [0.3, 0.4) is 0 Å². The molecule has 4 amide bonds. The van der Waals surface area contributed by atoms with Crippen LogP contribution in [0, 0.1) is 0 Å². The lowest BCUT2D eigenvalue weighted by Gasteiger charge is -2.23. The predicted molar refractivity (Wildman–Crippen MR) is 214 cm³/mol. The first-order chi connectivity index (χ1) is 28.5. The van der Waals surface area contributed by atoms with Gasteiger partial charge in [-0.1, -0.05) is 12.1 Å². The van der Waals surface area contributed by atoms with Gasteiger partial charge in [0.1, 0.15) is 53.9 Å². The fourth-order valence-electron chi connectivity index (χ4n) is 5.95. The molecule has 0 radical (unpaired) electrons. The maximum Gasteiger partial charge on any atom is 0.248 e. The Hall–Kier alpha value is -5.32. The number of amides is 4. The van der Waals surface area contributed by atoms with Gasteiger partial charge < -0.3 is 45.5 Å². The molecule has 1 aliphatic rings. The second-order valence-corrected chi connectivity index (χ2v) is 14.0. The van der Waals surface area contributed by atoms with Crippen LogP contribution in [0.25, 0.3) is 22.0 Å². The highest BCUT2D eigenvalue weighted by molar-refractivity contribution is 9.10. The van der Waals surface area contributed by atoms with Crippen LogP contribution in [0.1, 0.15) is 29.7 Å². The normalized spacial score (nSPS) is 15.0. The van der Waals surface area contributed by atoms with Crippen LogP contribution in [-0.2, 0) is 51.2 Å². The third-order valence-electron chi connectivity index (χ3n) is 8.73. The van der Waals surface area contributed by atoms with Crippen molar-refractivity contribution in [2.45, 2.75) is 38.6 Å². The minimum Gasteiger partial charge on any atom is -0.378 e. The zero-order valence-electron chi connectivity index (χ0n) is 32.4. The highest BCUT2D eigenvalue weighted by Crippen LogP contribution is 2.28. The number of rotatable bonds is 23. The van der Waals surface area contributed by atoms with E-state index in [1.54, 1.807) is 48.8 Å². The molecule has 1 fully saturated rings. The number of nitrogens with two attached hydrogens (primary N) is 1. The summed E-state index contributed by atoms with van der Waals surface area (Å²) >= 11 is 3.25. The van der Waals surface area contributed by atoms with Crippen LogP contribution in [0.4, 0.5) is 10.2 Å². The number of benzene rings is 1. The monoisotopic (exact) mass is 884 g/mol. The van der Waals surface area contributed by atoms with Crippen LogP contribution in [-0.4, -0.2) is 144 Å². The number of likely N-dealkylation sites (tertiary alicyclic amines) is 1. The molecule has 5 rings (SSSR count). The molecule has 0 saturated carbocycles. The number of Topliss-reactive ketones (excluding diaryl/α,β-unsaturated/α-hetero) is 1. The Labute approximate surface area is 347 Å². The second-order valence-electron chi connectivity index (χ2n) is 13.2. The molecule has 0 bridgehead atoms. The van der Waals surface area contributed by atoms with Crippen LogP contribution >= 0.6 is 15.9 Å². The molecule has 0 spiro atoms. The number of anilines is 1. The number of carbonyl (C=O) groups is 5.